The van der Waals surface area contributed by atoms with Gasteiger partial charge < -0.3 is 14.2 Å². The molecule has 10 heteroatoms. The van der Waals surface area contributed by atoms with Crippen molar-refractivity contribution in [3.63, 3.8) is 0 Å². The fourth-order valence-electron chi connectivity index (χ4n) is 3.74. The Balaban J connectivity index is 1.41. The Morgan fingerprint density at radius 1 is 0.939 bits per heavy atom. The molecule has 2 heterocycles. The molecule has 0 atom stereocenters. The van der Waals surface area contributed by atoms with Crippen molar-refractivity contribution in [1.29, 1.82) is 0 Å². The van der Waals surface area contributed by atoms with E-state index >= 15 is 0 Å². The topological polar surface area (TPSA) is 81.2 Å². The van der Waals surface area contributed by atoms with E-state index in [1.807, 2.05) is 29.6 Å². The number of ether oxygens (including phenoxy) is 3. The van der Waals surface area contributed by atoms with Crippen LogP contribution in [0.4, 0.5) is 0 Å². The summed E-state index contributed by atoms with van der Waals surface area (Å²) in [6.45, 7) is 2.73. The fraction of sp³-hybridized carbons (Fsp3) is 0.348. The van der Waals surface area contributed by atoms with Crippen LogP contribution in [0.3, 0.4) is 0 Å². The highest BCUT2D eigenvalue weighted by Gasteiger charge is 2.31. The van der Waals surface area contributed by atoms with E-state index in [0.717, 1.165) is 22.0 Å². The highest BCUT2D eigenvalue weighted by Crippen LogP contribution is 2.31. The summed E-state index contributed by atoms with van der Waals surface area (Å²) in [6.07, 6.45) is 0. The molecule has 0 radical (unpaired) electrons. The van der Waals surface area contributed by atoms with Crippen LogP contribution in [0.25, 0.3) is 11.3 Å². The molecule has 0 bridgehead atoms. The van der Waals surface area contributed by atoms with Gasteiger partial charge in [-0.3, -0.25) is 4.90 Å². The SMILES string of the molecule is COc1cccc(-c2csc(CN3CCN(S(=O)(=O)c4cc(OC)ccc4OC)CC3)n2)c1. The van der Waals surface area contributed by atoms with Crippen LogP contribution in [-0.2, 0) is 16.6 Å². The molecule has 2 aromatic carbocycles. The zero-order chi connectivity index (χ0) is 23.4. The van der Waals surface area contributed by atoms with Gasteiger partial charge in [-0.05, 0) is 24.3 Å². The van der Waals surface area contributed by atoms with Gasteiger partial charge in [0.25, 0.3) is 0 Å². The minimum atomic E-state index is -3.70. The maximum atomic E-state index is 13.3. The number of piperazine rings is 1. The van der Waals surface area contributed by atoms with E-state index in [0.29, 0.717) is 44.2 Å². The zero-order valence-corrected chi connectivity index (χ0v) is 20.5. The molecule has 0 N–H and O–H groups in total. The van der Waals surface area contributed by atoms with Crippen LogP contribution in [0.1, 0.15) is 5.01 Å². The third-order valence-corrected chi connectivity index (χ3v) is 8.35. The Labute approximate surface area is 198 Å². The predicted octanol–water partition coefficient (Wildman–Crippen LogP) is 3.34. The summed E-state index contributed by atoms with van der Waals surface area (Å²) in [5.74, 6) is 1.58. The van der Waals surface area contributed by atoms with Gasteiger partial charge in [0.15, 0.2) is 0 Å². The van der Waals surface area contributed by atoms with Crippen molar-refractivity contribution in [3.8, 4) is 28.5 Å². The maximum absolute atomic E-state index is 13.3. The number of thiazole rings is 1. The molecule has 0 aliphatic carbocycles. The number of rotatable bonds is 8. The Hall–Kier alpha value is -2.66. The fourth-order valence-corrected chi connectivity index (χ4v) is 6.18. The third kappa shape index (κ3) is 5.14. The first-order chi connectivity index (χ1) is 15.9. The van der Waals surface area contributed by atoms with E-state index in [2.05, 4.69) is 4.90 Å². The van der Waals surface area contributed by atoms with Gasteiger partial charge in [0.1, 0.15) is 27.2 Å². The van der Waals surface area contributed by atoms with Gasteiger partial charge in [0.05, 0.1) is 33.6 Å². The summed E-state index contributed by atoms with van der Waals surface area (Å²) >= 11 is 1.61. The van der Waals surface area contributed by atoms with Crippen LogP contribution in [0.15, 0.2) is 52.7 Å². The van der Waals surface area contributed by atoms with Gasteiger partial charge in [-0.15, -0.1) is 11.3 Å². The van der Waals surface area contributed by atoms with E-state index < -0.39 is 10.0 Å². The second kappa shape index (κ2) is 10.1. The Bertz CT molecular complexity index is 1200. The molecule has 3 aromatic rings. The number of nitrogens with zero attached hydrogens (tertiary/aromatic N) is 3. The summed E-state index contributed by atoms with van der Waals surface area (Å²) in [4.78, 5) is 7.12. The summed E-state index contributed by atoms with van der Waals surface area (Å²) in [5, 5.41) is 3.04. The van der Waals surface area contributed by atoms with Crippen molar-refractivity contribution in [3.05, 3.63) is 52.9 Å². The van der Waals surface area contributed by atoms with Crippen molar-refractivity contribution in [2.24, 2.45) is 0 Å². The lowest BCUT2D eigenvalue weighted by Crippen LogP contribution is -2.48. The number of methoxy groups -OCH3 is 3. The minimum absolute atomic E-state index is 0.126. The van der Waals surface area contributed by atoms with E-state index in [4.69, 9.17) is 19.2 Å². The first-order valence-electron chi connectivity index (χ1n) is 10.5. The van der Waals surface area contributed by atoms with E-state index in [-0.39, 0.29) is 4.90 Å². The molecule has 33 heavy (non-hydrogen) atoms. The van der Waals surface area contributed by atoms with E-state index in [1.165, 1.54) is 24.6 Å². The molecule has 0 spiro atoms. The number of hydrogen-bond donors (Lipinski definition) is 0. The first-order valence-corrected chi connectivity index (χ1v) is 12.8. The Morgan fingerprint density at radius 3 is 2.36 bits per heavy atom. The summed E-state index contributed by atoms with van der Waals surface area (Å²) in [6, 6.07) is 12.6. The average Bonchev–Trinajstić information content (AvgIpc) is 3.32. The molecular formula is C23H27N3O5S2. The summed E-state index contributed by atoms with van der Waals surface area (Å²) in [5.41, 5.74) is 1.93. The molecule has 1 saturated heterocycles. The molecule has 1 aliphatic rings. The van der Waals surface area contributed by atoms with Gasteiger partial charge in [0.2, 0.25) is 10.0 Å². The van der Waals surface area contributed by atoms with E-state index in [9.17, 15) is 8.42 Å². The van der Waals surface area contributed by atoms with Crippen molar-refractivity contribution < 1.29 is 22.6 Å². The maximum Gasteiger partial charge on any atom is 0.246 e. The van der Waals surface area contributed by atoms with Crippen LogP contribution < -0.4 is 14.2 Å². The third-order valence-electron chi connectivity index (χ3n) is 5.60. The molecule has 1 aromatic heterocycles. The van der Waals surface area contributed by atoms with Crippen molar-refractivity contribution in [2.45, 2.75) is 11.4 Å². The monoisotopic (exact) mass is 489 g/mol. The quantitative estimate of drug-likeness (QED) is 0.480. The molecular weight excluding hydrogens is 462 g/mol. The van der Waals surface area contributed by atoms with Crippen LogP contribution in [0.5, 0.6) is 17.2 Å². The number of aromatic nitrogens is 1. The van der Waals surface area contributed by atoms with Crippen LogP contribution in [0.2, 0.25) is 0 Å². The largest absolute Gasteiger partial charge is 0.497 e. The lowest BCUT2D eigenvalue weighted by atomic mass is 10.2. The summed E-state index contributed by atoms with van der Waals surface area (Å²) < 4.78 is 43.8. The van der Waals surface area contributed by atoms with Crippen LogP contribution in [-0.4, -0.2) is 70.1 Å². The second-order valence-corrected chi connectivity index (χ2v) is 10.4. The van der Waals surface area contributed by atoms with Gasteiger partial charge in [-0.25, -0.2) is 13.4 Å². The standard InChI is InChI=1S/C23H27N3O5S2/c1-29-18-6-4-5-17(13-18)20-16-32-23(24-20)15-25-9-11-26(12-10-25)33(27,28)22-14-19(30-2)7-8-21(22)31-3/h4-8,13-14,16H,9-12,15H2,1-3H3. The minimum Gasteiger partial charge on any atom is -0.497 e. The van der Waals surface area contributed by atoms with Crippen molar-refractivity contribution in [2.75, 3.05) is 47.5 Å². The number of hydrogen-bond acceptors (Lipinski definition) is 8. The van der Waals surface area contributed by atoms with Crippen molar-refractivity contribution in [1.82, 2.24) is 14.2 Å². The van der Waals surface area contributed by atoms with Gasteiger partial charge in [-0.2, -0.15) is 4.31 Å². The van der Waals surface area contributed by atoms with Gasteiger partial charge >= 0.3 is 0 Å². The van der Waals surface area contributed by atoms with Gasteiger partial charge in [0, 0.05) is 43.2 Å². The van der Waals surface area contributed by atoms with Crippen LogP contribution >= 0.6 is 11.3 Å². The predicted molar refractivity (Wildman–Crippen MR) is 128 cm³/mol. The lowest BCUT2D eigenvalue weighted by molar-refractivity contribution is 0.181. The van der Waals surface area contributed by atoms with Gasteiger partial charge in [-0.1, -0.05) is 12.1 Å². The Morgan fingerprint density at radius 2 is 1.67 bits per heavy atom. The number of benzene rings is 2. The lowest BCUT2D eigenvalue weighted by Gasteiger charge is -2.33. The van der Waals surface area contributed by atoms with Crippen LogP contribution in [0, 0.1) is 0 Å². The zero-order valence-electron chi connectivity index (χ0n) is 18.9. The van der Waals surface area contributed by atoms with Crippen molar-refractivity contribution >= 4 is 21.4 Å². The normalized spacial score (nSPS) is 15.4. The number of sulfonamides is 1. The molecule has 0 saturated carbocycles. The second-order valence-electron chi connectivity index (χ2n) is 7.56. The molecule has 1 fully saturated rings. The summed E-state index contributed by atoms with van der Waals surface area (Å²) in [7, 11) is 0.927. The first kappa shape index (κ1) is 23.5. The molecule has 0 unspecified atom stereocenters. The highest BCUT2D eigenvalue weighted by molar-refractivity contribution is 7.89. The average molecular weight is 490 g/mol. The Kier molecular flexibility index (Phi) is 7.18. The molecule has 0 amide bonds. The highest BCUT2D eigenvalue weighted by atomic mass is 32.2. The van der Waals surface area contributed by atoms with E-state index in [1.54, 1.807) is 30.6 Å². The molecule has 1 aliphatic heterocycles. The smallest absolute Gasteiger partial charge is 0.246 e. The molecule has 4 rings (SSSR count). The molecule has 8 nitrogen and oxygen atoms in total. The molecule has 176 valence electrons.